The van der Waals surface area contributed by atoms with Crippen molar-refractivity contribution in [1.82, 2.24) is 9.97 Å². The molecular weight excluding hydrogens is 206 g/mol. The molecule has 5 nitrogen and oxygen atoms in total. The third-order valence-corrected chi connectivity index (χ3v) is 1.82. The number of nitriles is 1. The lowest BCUT2D eigenvalue weighted by atomic mass is 10.1. The zero-order valence-electron chi connectivity index (χ0n) is 9.51. The van der Waals surface area contributed by atoms with E-state index in [2.05, 4.69) is 23.8 Å². The van der Waals surface area contributed by atoms with Gasteiger partial charge in [-0.25, -0.2) is 4.98 Å². The molecule has 0 unspecified atom stereocenters. The Labute approximate surface area is 95.0 Å². The van der Waals surface area contributed by atoms with Crippen LogP contribution in [0.4, 0.5) is 0 Å². The molecule has 86 valence electrons. The Hall–Kier alpha value is -1.83. The summed E-state index contributed by atoms with van der Waals surface area (Å²) in [5.41, 5.74) is 0. The second-order valence-corrected chi connectivity index (χ2v) is 3.66. The number of ether oxygens (including phenoxy) is 2. The average Bonchev–Trinajstić information content (AvgIpc) is 2.26. The van der Waals surface area contributed by atoms with Crippen LogP contribution >= 0.6 is 0 Å². The first-order valence-corrected chi connectivity index (χ1v) is 5.18. The maximum Gasteiger partial charge on any atom is 0.319 e. The second kappa shape index (κ2) is 6.62. The highest BCUT2D eigenvalue weighted by atomic mass is 16.5. The van der Waals surface area contributed by atoms with Crippen LogP contribution in [-0.4, -0.2) is 23.2 Å². The summed E-state index contributed by atoms with van der Waals surface area (Å²) in [6.45, 7) is 4.80. The highest BCUT2D eigenvalue weighted by Crippen LogP contribution is 2.10. The van der Waals surface area contributed by atoms with Gasteiger partial charge in [-0.2, -0.15) is 10.2 Å². The average molecular weight is 221 g/mol. The van der Waals surface area contributed by atoms with Crippen LogP contribution in [0.2, 0.25) is 0 Å². The quantitative estimate of drug-likeness (QED) is 0.732. The lowest BCUT2D eigenvalue weighted by Crippen LogP contribution is -2.05. The number of aromatic nitrogens is 2. The van der Waals surface area contributed by atoms with Crippen molar-refractivity contribution in [2.24, 2.45) is 5.92 Å². The fourth-order valence-electron chi connectivity index (χ4n) is 0.967. The summed E-state index contributed by atoms with van der Waals surface area (Å²) in [4.78, 5) is 7.95. The fraction of sp³-hybridized carbons (Fsp3) is 0.545. The lowest BCUT2D eigenvalue weighted by Gasteiger charge is -2.07. The number of rotatable bonds is 6. The monoisotopic (exact) mass is 221 g/mol. The van der Waals surface area contributed by atoms with Gasteiger partial charge in [0.05, 0.1) is 6.61 Å². The summed E-state index contributed by atoms with van der Waals surface area (Å²) in [5, 5.41) is 8.35. The van der Waals surface area contributed by atoms with E-state index in [4.69, 9.17) is 14.7 Å². The predicted molar refractivity (Wildman–Crippen MR) is 58.1 cm³/mol. The summed E-state index contributed by atoms with van der Waals surface area (Å²) in [5.74, 6) is 0.939. The van der Waals surface area contributed by atoms with E-state index in [9.17, 15) is 0 Å². The predicted octanol–water partition coefficient (Wildman–Crippen LogP) is 1.80. The topological polar surface area (TPSA) is 68.0 Å². The van der Waals surface area contributed by atoms with Crippen LogP contribution in [-0.2, 0) is 0 Å². The first kappa shape index (κ1) is 12.2. The minimum atomic E-state index is -0.0253. The Balaban J connectivity index is 2.44. The van der Waals surface area contributed by atoms with Gasteiger partial charge in [0.25, 0.3) is 0 Å². The van der Waals surface area contributed by atoms with Crippen LogP contribution in [0.15, 0.2) is 12.3 Å². The van der Waals surface area contributed by atoms with Gasteiger partial charge in [-0.15, -0.1) is 0 Å². The molecule has 0 fully saturated rings. The van der Waals surface area contributed by atoms with Crippen molar-refractivity contribution in [2.45, 2.75) is 20.3 Å². The van der Waals surface area contributed by atoms with Crippen LogP contribution in [0.3, 0.4) is 0 Å². The first-order valence-electron chi connectivity index (χ1n) is 5.18. The minimum Gasteiger partial charge on any atom is -0.463 e. The molecule has 0 amide bonds. The molecule has 16 heavy (non-hydrogen) atoms. The molecule has 0 radical (unpaired) electrons. The van der Waals surface area contributed by atoms with E-state index in [1.807, 2.05) is 6.07 Å². The highest BCUT2D eigenvalue weighted by molar-refractivity contribution is 5.11. The molecule has 1 aromatic heterocycles. The van der Waals surface area contributed by atoms with Crippen LogP contribution in [0.5, 0.6) is 11.9 Å². The van der Waals surface area contributed by atoms with Gasteiger partial charge >= 0.3 is 6.01 Å². The molecule has 1 heterocycles. The maximum absolute atomic E-state index is 8.35. The van der Waals surface area contributed by atoms with Crippen molar-refractivity contribution in [3.05, 3.63) is 12.3 Å². The zero-order valence-corrected chi connectivity index (χ0v) is 9.51. The first-order chi connectivity index (χ1) is 7.72. The molecule has 0 bridgehead atoms. The Morgan fingerprint density at radius 1 is 1.44 bits per heavy atom. The Bertz CT molecular complexity index is 360. The van der Waals surface area contributed by atoms with Gasteiger partial charge in [0.2, 0.25) is 5.88 Å². The molecule has 0 aliphatic heterocycles. The summed E-state index contributed by atoms with van der Waals surface area (Å²) >= 11 is 0. The third-order valence-electron chi connectivity index (χ3n) is 1.82. The Morgan fingerprint density at radius 2 is 2.25 bits per heavy atom. The van der Waals surface area contributed by atoms with E-state index in [-0.39, 0.29) is 12.6 Å². The van der Waals surface area contributed by atoms with E-state index in [0.29, 0.717) is 18.4 Å². The van der Waals surface area contributed by atoms with E-state index >= 15 is 0 Å². The molecule has 0 aliphatic carbocycles. The van der Waals surface area contributed by atoms with E-state index in [1.165, 1.54) is 0 Å². The number of hydrogen-bond acceptors (Lipinski definition) is 5. The summed E-state index contributed by atoms with van der Waals surface area (Å²) in [6, 6.07) is 3.75. The van der Waals surface area contributed by atoms with Crippen LogP contribution in [0.1, 0.15) is 20.3 Å². The standard InChI is InChI=1S/C11H15N3O2/c1-9(2)4-7-16-11-13-6-3-10(14-11)15-8-5-12/h3,6,9H,4,7-8H2,1-2H3. The van der Waals surface area contributed by atoms with Gasteiger partial charge in [-0.1, -0.05) is 13.8 Å². The number of nitrogens with zero attached hydrogens (tertiary/aromatic N) is 3. The van der Waals surface area contributed by atoms with Crippen LogP contribution < -0.4 is 9.47 Å². The fourth-order valence-corrected chi connectivity index (χ4v) is 0.967. The molecule has 0 saturated heterocycles. The lowest BCUT2D eigenvalue weighted by molar-refractivity contribution is 0.261. The van der Waals surface area contributed by atoms with Crippen molar-refractivity contribution < 1.29 is 9.47 Å². The summed E-state index contributed by atoms with van der Waals surface area (Å²) in [6.07, 6.45) is 2.50. The van der Waals surface area contributed by atoms with Crippen molar-refractivity contribution in [2.75, 3.05) is 13.2 Å². The SMILES string of the molecule is CC(C)CCOc1nccc(OCC#N)n1. The molecule has 0 N–H and O–H groups in total. The minimum absolute atomic E-state index is 0.0253. The van der Waals surface area contributed by atoms with Crippen molar-refractivity contribution in [3.8, 4) is 18.0 Å². The molecule has 1 rings (SSSR count). The molecule has 0 saturated carbocycles. The second-order valence-electron chi connectivity index (χ2n) is 3.66. The zero-order chi connectivity index (χ0) is 11.8. The third kappa shape index (κ3) is 4.60. The highest BCUT2D eigenvalue weighted by Gasteiger charge is 2.01. The smallest absolute Gasteiger partial charge is 0.319 e. The molecule has 0 atom stereocenters. The van der Waals surface area contributed by atoms with E-state index in [0.717, 1.165) is 6.42 Å². The molecular formula is C11H15N3O2. The normalized spacial score (nSPS) is 9.88. The van der Waals surface area contributed by atoms with Gasteiger partial charge in [0.1, 0.15) is 6.07 Å². The van der Waals surface area contributed by atoms with Gasteiger partial charge in [-0.3, -0.25) is 0 Å². The van der Waals surface area contributed by atoms with Gasteiger partial charge in [0, 0.05) is 12.3 Å². The maximum atomic E-state index is 8.35. The van der Waals surface area contributed by atoms with E-state index in [1.54, 1.807) is 12.3 Å². The Kier molecular flexibility index (Phi) is 5.06. The van der Waals surface area contributed by atoms with Gasteiger partial charge in [-0.05, 0) is 12.3 Å². The summed E-state index contributed by atoms with van der Waals surface area (Å²) < 4.78 is 10.4. The molecule has 5 heteroatoms. The van der Waals surface area contributed by atoms with Crippen LogP contribution in [0.25, 0.3) is 0 Å². The molecule has 0 spiro atoms. The van der Waals surface area contributed by atoms with Crippen molar-refractivity contribution >= 4 is 0 Å². The van der Waals surface area contributed by atoms with Gasteiger partial charge in [0.15, 0.2) is 6.61 Å². The molecule has 1 aromatic rings. The summed E-state index contributed by atoms with van der Waals surface area (Å²) in [7, 11) is 0. The largest absolute Gasteiger partial charge is 0.463 e. The molecule has 0 aliphatic rings. The van der Waals surface area contributed by atoms with Crippen molar-refractivity contribution in [1.29, 1.82) is 5.26 Å². The Morgan fingerprint density at radius 3 is 2.94 bits per heavy atom. The molecule has 0 aromatic carbocycles. The van der Waals surface area contributed by atoms with Crippen LogP contribution in [0, 0.1) is 17.2 Å². The van der Waals surface area contributed by atoms with E-state index < -0.39 is 0 Å². The number of hydrogen-bond donors (Lipinski definition) is 0. The van der Waals surface area contributed by atoms with Gasteiger partial charge < -0.3 is 9.47 Å². The van der Waals surface area contributed by atoms with Crippen molar-refractivity contribution in [3.63, 3.8) is 0 Å².